The van der Waals surface area contributed by atoms with Gasteiger partial charge in [0.15, 0.2) is 0 Å². The van der Waals surface area contributed by atoms with Gasteiger partial charge in [0.25, 0.3) is 0 Å². The topological polar surface area (TPSA) is 77.4 Å². The van der Waals surface area contributed by atoms with Crippen LogP contribution in [-0.4, -0.2) is 76.3 Å². The molecule has 0 aromatic carbocycles. The Labute approximate surface area is 135 Å². The molecule has 6 heteroatoms. The second-order valence-electron chi connectivity index (χ2n) is 5.11. The average Bonchev–Trinajstić information content (AvgIpc) is 2.50. The third kappa shape index (κ3) is 28.0. The molecule has 0 aromatic rings. The SMILES string of the molecule is CC(C)COCCOCCO.CCCCOCCOCCO. The van der Waals surface area contributed by atoms with Crippen LogP contribution in [0.3, 0.4) is 0 Å². The molecule has 0 saturated carbocycles. The molecule has 0 spiro atoms. The third-order valence-corrected chi connectivity index (χ3v) is 2.31. The molecular formula is C16H36O6. The Morgan fingerprint density at radius 2 is 1.14 bits per heavy atom. The van der Waals surface area contributed by atoms with Crippen LogP contribution in [0.4, 0.5) is 0 Å². The fourth-order valence-corrected chi connectivity index (χ4v) is 1.24. The predicted molar refractivity (Wildman–Crippen MR) is 87.2 cm³/mol. The molecule has 6 nitrogen and oxygen atoms in total. The number of unbranched alkanes of at least 4 members (excludes halogenated alkanes) is 1. The highest BCUT2D eigenvalue weighted by Gasteiger charge is 1.92. The van der Waals surface area contributed by atoms with Crippen molar-refractivity contribution in [3.05, 3.63) is 0 Å². The lowest BCUT2D eigenvalue weighted by Crippen LogP contribution is -2.10. The van der Waals surface area contributed by atoms with Crippen LogP contribution in [0.25, 0.3) is 0 Å². The number of ether oxygens (including phenoxy) is 4. The van der Waals surface area contributed by atoms with E-state index in [4.69, 9.17) is 29.2 Å². The van der Waals surface area contributed by atoms with Crippen LogP contribution in [0.1, 0.15) is 33.6 Å². The third-order valence-electron chi connectivity index (χ3n) is 2.31. The molecule has 0 rings (SSSR count). The minimum absolute atomic E-state index is 0.0875. The van der Waals surface area contributed by atoms with Crippen molar-refractivity contribution >= 4 is 0 Å². The van der Waals surface area contributed by atoms with Gasteiger partial charge in [-0.05, 0) is 12.3 Å². The Morgan fingerprint density at radius 3 is 1.55 bits per heavy atom. The summed E-state index contributed by atoms with van der Waals surface area (Å²) in [5.41, 5.74) is 0. The molecule has 0 aromatic heterocycles. The number of hydrogen-bond donors (Lipinski definition) is 2. The Kier molecular flexibility index (Phi) is 25.1. The van der Waals surface area contributed by atoms with Gasteiger partial charge in [-0.25, -0.2) is 0 Å². The van der Waals surface area contributed by atoms with E-state index in [2.05, 4.69) is 20.8 Å². The zero-order valence-electron chi connectivity index (χ0n) is 14.6. The first kappa shape index (κ1) is 24.0. The molecule has 0 aliphatic heterocycles. The van der Waals surface area contributed by atoms with Crippen LogP contribution in [0.2, 0.25) is 0 Å². The van der Waals surface area contributed by atoms with Crippen molar-refractivity contribution in [1.29, 1.82) is 0 Å². The minimum atomic E-state index is 0.0875. The van der Waals surface area contributed by atoms with Gasteiger partial charge >= 0.3 is 0 Å². The summed E-state index contributed by atoms with van der Waals surface area (Å²) >= 11 is 0. The van der Waals surface area contributed by atoms with E-state index in [-0.39, 0.29) is 13.2 Å². The molecule has 0 unspecified atom stereocenters. The summed E-state index contributed by atoms with van der Waals surface area (Å²) in [6.07, 6.45) is 2.28. The van der Waals surface area contributed by atoms with Crippen LogP contribution in [-0.2, 0) is 18.9 Å². The van der Waals surface area contributed by atoms with Crippen LogP contribution >= 0.6 is 0 Å². The normalized spacial score (nSPS) is 10.6. The maximum Gasteiger partial charge on any atom is 0.0701 e. The molecule has 0 aliphatic carbocycles. The van der Waals surface area contributed by atoms with Crippen molar-refractivity contribution in [2.24, 2.45) is 5.92 Å². The molecule has 2 N–H and O–H groups in total. The second kappa shape index (κ2) is 23.0. The van der Waals surface area contributed by atoms with Crippen LogP contribution in [0.15, 0.2) is 0 Å². The van der Waals surface area contributed by atoms with E-state index in [0.29, 0.717) is 45.6 Å². The Morgan fingerprint density at radius 1 is 0.682 bits per heavy atom. The lowest BCUT2D eigenvalue weighted by molar-refractivity contribution is 0.0255. The van der Waals surface area contributed by atoms with Gasteiger partial charge < -0.3 is 29.2 Å². The van der Waals surface area contributed by atoms with Crippen molar-refractivity contribution in [3.8, 4) is 0 Å². The fourth-order valence-electron chi connectivity index (χ4n) is 1.24. The van der Waals surface area contributed by atoms with E-state index >= 15 is 0 Å². The second-order valence-corrected chi connectivity index (χ2v) is 5.11. The summed E-state index contributed by atoms with van der Waals surface area (Å²) in [7, 11) is 0. The summed E-state index contributed by atoms with van der Waals surface area (Å²) < 4.78 is 20.4. The number of aliphatic hydroxyl groups excluding tert-OH is 2. The molecule has 0 radical (unpaired) electrons. The standard InChI is InChI=1S/2C8H18O3/c1-8(2)7-11-6-5-10-4-3-9;1-2-3-5-10-7-8-11-6-4-9/h8-9H,3-7H2,1-2H3;9H,2-8H2,1H3. The molecular weight excluding hydrogens is 288 g/mol. The summed E-state index contributed by atoms with van der Waals surface area (Å²) in [6, 6.07) is 0. The highest BCUT2D eigenvalue weighted by atomic mass is 16.5. The summed E-state index contributed by atoms with van der Waals surface area (Å²) in [5, 5.41) is 16.7. The van der Waals surface area contributed by atoms with Gasteiger partial charge in [-0.1, -0.05) is 27.2 Å². The summed E-state index contributed by atoms with van der Waals surface area (Å²) in [4.78, 5) is 0. The molecule has 0 bridgehead atoms. The molecule has 22 heavy (non-hydrogen) atoms. The van der Waals surface area contributed by atoms with Crippen molar-refractivity contribution in [2.45, 2.75) is 33.6 Å². The quantitative estimate of drug-likeness (QED) is 0.444. The number of hydrogen-bond acceptors (Lipinski definition) is 6. The van der Waals surface area contributed by atoms with E-state index < -0.39 is 0 Å². The first-order chi connectivity index (χ1) is 10.7. The Balaban J connectivity index is 0. The van der Waals surface area contributed by atoms with Crippen molar-refractivity contribution in [3.63, 3.8) is 0 Å². The van der Waals surface area contributed by atoms with Crippen LogP contribution < -0.4 is 0 Å². The fraction of sp³-hybridized carbons (Fsp3) is 1.00. The Hall–Kier alpha value is -0.240. The molecule has 0 amide bonds. The van der Waals surface area contributed by atoms with E-state index in [1.165, 1.54) is 0 Å². The maximum atomic E-state index is 8.35. The number of rotatable bonds is 15. The Bertz CT molecular complexity index is 170. The maximum absolute atomic E-state index is 8.35. The molecule has 0 heterocycles. The lowest BCUT2D eigenvalue weighted by atomic mass is 10.2. The van der Waals surface area contributed by atoms with Gasteiger partial charge in [0, 0.05) is 13.2 Å². The zero-order valence-corrected chi connectivity index (χ0v) is 14.6. The summed E-state index contributed by atoms with van der Waals surface area (Å²) in [6.45, 7) is 11.4. The minimum Gasteiger partial charge on any atom is -0.394 e. The van der Waals surface area contributed by atoms with E-state index in [1.54, 1.807) is 0 Å². The molecule has 0 atom stereocenters. The van der Waals surface area contributed by atoms with Crippen molar-refractivity contribution < 1.29 is 29.2 Å². The van der Waals surface area contributed by atoms with Crippen molar-refractivity contribution in [1.82, 2.24) is 0 Å². The lowest BCUT2D eigenvalue weighted by Gasteiger charge is -2.06. The number of aliphatic hydroxyl groups is 2. The monoisotopic (exact) mass is 324 g/mol. The van der Waals surface area contributed by atoms with Gasteiger partial charge in [0.1, 0.15) is 0 Å². The highest BCUT2D eigenvalue weighted by molar-refractivity contribution is 4.39. The zero-order chi connectivity index (χ0) is 16.9. The van der Waals surface area contributed by atoms with E-state index in [0.717, 1.165) is 26.1 Å². The smallest absolute Gasteiger partial charge is 0.0701 e. The van der Waals surface area contributed by atoms with Gasteiger partial charge in [-0.3, -0.25) is 0 Å². The first-order valence-electron chi connectivity index (χ1n) is 8.21. The molecule has 0 aliphatic rings. The van der Waals surface area contributed by atoms with Crippen molar-refractivity contribution in [2.75, 3.05) is 66.1 Å². The van der Waals surface area contributed by atoms with Crippen LogP contribution in [0.5, 0.6) is 0 Å². The highest BCUT2D eigenvalue weighted by Crippen LogP contribution is 1.91. The van der Waals surface area contributed by atoms with Crippen LogP contribution in [0, 0.1) is 5.92 Å². The molecule has 0 fully saturated rings. The van der Waals surface area contributed by atoms with E-state index in [1.807, 2.05) is 0 Å². The molecule has 0 saturated heterocycles. The van der Waals surface area contributed by atoms with Gasteiger partial charge in [0.05, 0.1) is 52.9 Å². The van der Waals surface area contributed by atoms with Gasteiger partial charge in [-0.15, -0.1) is 0 Å². The first-order valence-corrected chi connectivity index (χ1v) is 8.21. The predicted octanol–water partition coefficient (Wildman–Crippen LogP) is 1.48. The average molecular weight is 324 g/mol. The largest absolute Gasteiger partial charge is 0.394 e. The van der Waals surface area contributed by atoms with E-state index in [9.17, 15) is 0 Å². The van der Waals surface area contributed by atoms with Gasteiger partial charge in [0.2, 0.25) is 0 Å². The summed E-state index contributed by atoms with van der Waals surface area (Å²) in [5.74, 6) is 0.577. The van der Waals surface area contributed by atoms with Gasteiger partial charge in [-0.2, -0.15) is 0 Å². The molecule has 136 valence electrons.